The second-order valence-electron chi connectivity index (χ2n) is 7.99. The number of ether oxygens (including phenoxy) is 1. The van der Waals surface area contributed by atoms with Crippen LogP contribution in [0.25, 0.3) is 0 Å². The molecule has 152 valence electrons. The number of rotatable bonds is 4. The van der Waals surface area contributed by atoms with Gasteiger partial charge in [0.1, 0.15) is 10.6 Å². The number of aromatic nitrogens is 2. The highest BCUT2D eigenvalue weighted by molar-refractivity contribution is 7.89. The van der Waals surface area contributed by atoms with Gasteiger partial charge in [-0.1, -0.05) is 12.1 Å². The Kier molecular flexibility index (Phi) is 4.76. The van der Waals surface area contributed by atoms with Crippen molar-refractivity contribution in [3.8, 4) is 5.75 Å². The Morgan fingerprint density at radius 3 is 2.79 bits per heavy atom. The number of benzene rings is 1. The van der Waals surface area contributed by atoms with Gasteiger partial charge in [0.25, 0.3) is 0 Å². The number of fused-ring (bicyclic) bond motifs is 1. The molecule has 2 heterocycles. The van der Waals surface area contributed by atoms with E-state index in [1.165, 1.54) is 8.99 Å². The molecule has 3 atom stereocenters. The van der Waals surface area contributed by atoms with E-state index in [4.69, 9.17) is 4.74 Å². The fraction of sp³-hybridized carbons (Fsp3) is 0.550. The van der Waals surface area contributed by atoms with Crippen LogP contribution in [0.1, 0.15) is 30.5 Å². The first kappa shape index (κ1) is 19.4. The molecule has 1 aliphatic heterocycles. The number of sulfonamides is 1. The van der Waals surface area contributed by atoms with E-state index in [1.807, 2.05) is 24.3 Å². The first-order valence-corrected chi connectivity index (χ1v) is 11.1. The van der Waals surface area contributed by atoms with E-state index in [-0.39, 0.29) is 16.7 Å². The van der Waals surface area contributed by atoms with Crippen molar-refractivity contribution >= 4 is 10.0 Å². The number of aryl methyl sites for hydroxylation is 2. The highest BCUT2D eigenvalue weighted by Gasteiger charge is 2.52. The second kappa shape index (κ2) is 6.86. The molecule has 1 saturated carbocycles. The molecule has 2 aromatic rings. The number of hydrogen-bond donors (Lipinski definition) is 1. The maximum atomic E-state index is 13.2. The Labute approximate surface area is 166 Å². The molecule has 2 aliphatic rings. The molecule has 4 rings (SSSR count). The molecule has 8 heteroatoms. The lowest BCUT2D eigenvalue weighted by Gasteiger charge is -2.41. The van der Waals surface area contributed by atoms with E-state index in [0.717, 1.165) is 18.4 Å². The van der Waals surface area contributed by atoms with Crippen molar-refractivity contribution in [3.05, 3.63) is 41.7 Å². The fourth-order valence-corrected chi connectivity index (χ4v) is 6.62. The van der Waals surface area contributed by atoms with Gasteiger partial charge in [0.15, 0.2) is 0 Å². The average molecular weight is 406 g/mol. The van der Waals surface area contributed by atoms with Crippen molar-refractivity contribution in [1.82, 2.24) is 14.1 Å². The van der Waals surface area contributed by atoms with Crippen LogP contribution in [0, 0.1) is 18.8 Å². The summed E-state index contributed by atoms with van der Waals surface area (Å²) in [6.45, 7) is 2.46. The molecule has 0 unspecified atom stereocenters. The molecule has 2 fully saturated rings. The van der Waals surface area contributed by atoms with Crippen molar-refractivity contribution in [1.29, 1.82) is 0 Å². The Hall–Kier alpha value is -1.90. The standard InChI is InChI=1S/C20H27N3O4S/c1-14-19(13-22(2)21-14)28(25,26)23-11-15-6-5-9-20(24,18(15)12-23)16-7-4-8-17(10-16)27-3/h4,7-8,10,13,15,18,24H,5-6,9,11-12H2,1-3H3/t15-,18-,20-/m1/s1. The highest BCUT2D eigenvalue weighted by Crippen LogP contribution is 2.49. The lowest BCUT2D eigenvalue weighted by Crippen LogP contribution is -2.43. The van der Waals surface area contributed by atoms with E-state index in [0.29, 0.717) is 31.0 Å². The van der Waals surface area contributed by atoms with E-state index >= 15 is 0 Å². The normalized spacial score (nSPS) is 28.3. The van der Waals surface area contributed by atoms with Crippen LogP contribution in [0.5, 0.6) is 5.75 Å². The molecular formula is C20H27N3O4S. The van der Waals surface area contributed by atoms with E-state index in [1.54, 1.807) is 27.3 Å². The van der Waals surface area contributed by atoms with Crippen LogP contribution in [-0.4, -0.2) is 47.8 Å². The summed E-state index contributed by atoms with van der Waals surface area (Å²) in [7, 11) is -0.314. The summed E-state index contributed by atoms with van der Waals surface area (Å²) in [5.74, 6) is 0.693. The average Bonchev–Trinajstić information content (AvgIpc) is 3.26. The van der Waals surface area contributed by atoms with Crippen molar-refractivity contribution < 1.29 is 18.3 Å². The molecule has 0 bridgehead atoms. The van der Waals surface area contributed by atoms with Gasteiger partial charge in [-0.2, -0.15) is 9.40 Å². The van der Waals surface area contributed by atoms with Gasteiger partial charge in [0.2, 0.25) is 10.0 Å². The van der Waals surface area contributed by atoms with Gasteiger partial charge in [-0.05, 0) is 49.8 Å². The zero-order chi connectivity index (χ0) is 20.1. The Morgan fingerprint density at radius 2 is 2.11 bits per heavy atom. The van der Waals surface area contributed by atoms with Crippen LogP contribution in [0.2, 0.25) is 0 Å². The lowest BCUT2D eigenvalue weighted by molar-refractivity contribution is -0.0641. The zero-order valence-electron chi connectivity index (χ0n) is 16.5. The summed E-state index contributed by atoms with van der Waals surface area (Å²) in [6, 6.07) is 7.50. The van der Waals surface area contributed by atoms with Gasteiger partial charge in [0, 0.05) is 32.3 Å². The summed E-state index contributed by atoms with van der Waals surface area (Å²) in [5, 5.41) is 15.8. The minimum Gasteiger partial charge on any atom is -0.497 e. The first-order chi connectivity index (χ1) is 13.3. The van der Waals surface area contributed by atoms with Gasteiger partial charge in [-0.15, -0.1) is 0 Å². The van der Waals surface area contributed by atoms with Gasteiger partial charge >= 0.3 is 0 Å². The molecule has 0 amide bonds. The molecule has 0 spiro atoms. The minimum atomic E-state index is -3.64. The molecular weight excluding hydrogens is 378 g/mol. The predicted octanol–water partition coefficient (Wildman–Crippen LogP) is 2.05. The van der Waals surface area contributed by atoms with Crippen LogP contribution in [0.3, 0.4) is 0 Å². The molecule has 0 radical (unpaired) electrons. The Morgan fingerprint density at radius 1 is 1.32 bits per heavy atom. The van der Waals surface area contributed by atoms with Crippen molar-refractivity contribution in [2.75, 3.05) is 20.2 Å². The molecule has 1 aliphatic carbocycles. The van der Waals surface area contributed by atoms with Crippen molar-refractivity contribution in [2.45, 2.75) is 36.7 Å². The van der Waals surface area contributed by atoms with E-state index in [9.17, 15) is 13.5 Å². The molecule has 7 nitrogen and oxygen atoms in total. The summed E-state index contributed by atoms with van der Waals surface area (Å²) in [4.78, 5) is 0.249. The number of nitrogens with zero attached hydrogens (tertiary/aromatic N) is 3. The summed E-state index contributed by atoms with van der Waals surface area (Å²) < 4.78 is 34.8. The van der Waals surface area contributed by atoms with Crippen molar-refractivity contribution in [2.24, 2.45) is 18.9 Å². The Balaban J connectivity index is 1.67. The number of hydrogen-bond acceptors (Lipinski definition) is 5. The summed E-state index contributed by atoms with van der Waals surface area (Å²) in [6.07, 6.45) is 3.98. The van der Waals surface area contributed by atoms with Crippen LogP contribution < -0.4 is 4.74 Å². The number of aliphatic hydroxyl groups is 1. The van der Waals surface area contributed by atoms with Gasteiger partial charge in [-0.3, -0.25) is 4.68 Å². The van der Waals surface area contributed by atoms with E-state index in [2.05, 4.69) is 5.10 Å². The zero-order valence-corrected chi connectivity index (χ0v) is 17.3. The quantitative estimate of drug-likeness (QED) is 0.842. The summed E-state index contributed by atoms with van der Waals surface area (Å²) >= 11 is 0. The second-order valence-corrected chi connectivity index (χ2v) is 9.90. The third-order valence-electron chi connectivity index (χ3n) is 6.31. The van der Waals surface area contributed by atoms with E-state index < -0.39 is 15.6 Å². The van der Waals surface area contributed by atoms with Gasteiger partial charge in [0.05, 0.1) is 18.4 Å². The molecule has 1 aromatic heterocycles. The molecule has 28 heavy (non-hydrogen) atoms. The topological polar surface area (TPSA) is 84.7 Å². The maximum absolute atomic E-state index is 13.2. The molecule has 1 N–H and O–H groups in total. The fourth-order valence-electron chi connectivity index (χ4n) is 4.90. The van der Waals surface area contributed by atoms with Gasteiger partial charge in [-0.25, -0.2) is 8.42 Å². The molecule has 1 aromatic carbocycles. The Bertz CT molecular complexity index is 987. The minimum absolute atomic E-state index is 0.136. The third-order valence-corrected chi connectivity index (χ3v) is 8.24. The third kappa shape index (κ3) is 3.03. The van der Waals surface area contributed by atoms with Crippen LogP contribution in [0.15, 0.2) is 35.4 Å². The lowest BCUT2D eigenvalue weighted by atomic mass is 9.67. The van der Waals surface area contributed by atoms with Crippen LogP contribution >= 0.6 is 0 Å². The smallest absolute Gasteiger partial charge is 0.246 e. The predicted molar refractivity (Wildman–Crippen MR) is 104 cm³/mol. The van der Waals surface area contributed by atoms with Crippen molar-refractivity contribution in [3.63, 3.8) is 0 Å². The van der Waals surface area contributed by atoms with Crippen LogP contribution in [0.4, 0.5) is 0 Å². The monoisotopic (exact) mass is 405 g/mol. The SMILES string of the molecule is COc1cccc([C@]2(O)CCC[C@@H]3CN(S(=O)(=O)c4cn(C)nc4C)C[C@H]32)c1. The largest absolute Gasteiger partial charge is 0.497 e. The number of methoxy groups -OCH3 is 1. The highest BCUT2D eigenvalue weighted by atomic mass is 32.2. The summed E-state index contributed by atoms with van der Waals surface area (Å²) in [5.41, 5.74) is 0.255. The maximum Gasteiger partial charge on any atom is 0.246 e. The van der Waals surface area contributed by atoms with Crippen LogP contribution in [-0.2, 0) is 22.7 Å². The molecule has 1 saturated heterocycles. The first-order valence-electron chi connectivity index (χ1n) is 9.63. The van der Waals surface area contributed by atoms with Gasteiger partial charge < -0.3 is 9.84 Å².